The van der Waals surface area contributed by atoms with E-state index < -0.39 is 0 Å². The second-order valence-corrected chi connectivity index (χ2v) is 7.97. The van der Waals surface area contributed by atoms with Crippen molar-refractivity contribution >= 4 is 39.6 Å². The molecule has 1 aromatic carbocycles. The summed E-state index contributed by atoms with van der Waals surface area (Å²) in [4.78, 5) is 2.54. The van der Waals surface area contributed by atoms with Crippen molar-refractivity contribution in [2.45, 2.75) is 25.7 Å². The minimum absolute atomic E-state index is 0.724. The van der Waals surface area contributed by atoms with Crippen molar-refractivity contribution < 1.29 is 0 Å². The molecule has 3 nitrogen and oxygen atoms in total. The van der Waals surface area contributed by atoms with Gasteiger partial charge in [-0.3, -0.25) is 0 Å². The van der Waals surface area contributed by atoms with Crippen molar-refractivity contribution in [2.24, 2.45) is 5.41 Å². The summed E-state index contributed by atoms with van der Waals surface area (Å²) >= 11 is 4.02. The van der Waals surface area contributed by atoms with Crippen LogP contribution in [-0.2, 0) is 0 Å². The zero-order valence-corrected chi connectivity index (χ0v) is 14.2. The Hall–Kier alpha value is -0.690. The first kappa shape index (κ1) is 13.0. The zero-order valence-electron chi connectivity index (χ0n) is 11.2. The summed E-state index contributed by atoms with van der Waals surface area (Å²) in [5.41, 5.74) is 5.11. The van der Waals surface area contributed by atoms with Crippen molar-refractivity contribution in [3.8, 4) is 10.6 Å². The number of benzene rings is 1. The first-order chi connectivity index (χ1) is 9.76. The lowest BCUT2D eigenvalue weighted by atomic mass is 9.93. The van der Waals surface area contributed by atoms with Crippen LogP contribution in [0.1, 0.15) is 25.7 Å². The van der Waals surface area contributed by atoms with Crippen molar-refractivity contribution in [2.75, 3.05) is 18.0 Å². The molecule has 5 heteroatoms. The minimum atomic E-state index is 0.724. The Morgan fingerprint density at radius 2 is 1.95 bits per heavy atom. The predicted molar refractivity (Wildman–Crippen MR) is 91.2 cm³/mol. The van der Waals surface area contributed by atoms with E-state index in [9.17, 15) is 0 Å². The fourth-order valence-corrected chi connectivity index (χ4v) is 4.20. The van der Waals surface area contributed by atoms with Crippen LogP contribution >= 0.6 is 33.9 Å². The lowest BCUT2D eigenvalue weighted by molar-refractivity contribution is 0.384. The molecule has 0 atom stereocenters. The second kappa shape index (κ2) is 4.94. The van der Waals surface area contributed by atoms with E-state index >= 15 is 0 Å². The van der Waals surface area contributed by atoms with Crippen LogP contribution < -0.4 is 4.90 Å². The molecule has 0 unspecified atom stereocenters. The summed E-state index contributed by atoms with van der Waals surface area (Å²) < 4.78 is 1.29. The maximum atomic E-state index is 4.25. The highest BCUT2D eigenvalue weighted by Crippen LogP contribution is 2.54. The average molecular weight is 397 g/mol. The molecular formula is C15H16IN3S. The third-order valence-corrected chi connectivity index (χ3v) is 6.07. The Kier molecular flexibility index (Phi) is 3.22. The molecular weight excluding hydrogens is 381 g/mol. The molecule has 1 aliphatic heterocycles. The van der Waals surface area contributed by atoms with Crippen molar-refractivity contribution in [1.29, 1.82) is 0 Å². The largest absolute Gasteiger partial charge is 0.371 e. The molecule has 0 amide bonds. The van der Waals surface area contributed by atoms with Gasteiger partial charge in [-0.1, -0.05) is 11.3 Å². The quantitative estimate of drug-likeness (QED) is 0.712. The summed E-state index contributed by atoms with van der Waals surface area (Å²) in [5, 5.41) is 9.27. The number of halogens is 1. The van der Waals surface area contributed by atoms with Crippen molar-refractivity contribution in [3.05, 3.63) is 27.3 Å². The van der Waals surface area contributed by atoms with E-state index in [0.29, 0.717) is 0 Å². The van der Waals surface area contributed by atoms with Crippen LogP contribution in [0.15, 0.2) is 23.7 Å². The normalized spacial score (nSPS) is 20.4. The minimum Gasteiger partial charge on any atom is -0.371 e. The van der Waals surface area contributed by atoms with Gasteiger partial charge in [-0.15, -0.1) is 10.2 Å². The third kappa shape index (κ3) is 2.35. The van der Waals surface area contributed by atoms with Crippen LogP contribution in [-0.4, -0.2) is 23.3 Å². The molecule has 0 N–H and O–H groups in total. The van der Waals surface area contributed by atoms with Crippen LogP contribution in [0.2, 0.25) is 0 Å². The summed E-state index contributed by atoms with van der Waals surface area (Å²) in [6, 6.07) is 6.65. The van der Waals surface area contributed by atoms with E-state index in [1.807, 2.05) is 5.51 Å². The molecule has 1 saturated carbocycles. The van der Waals surface area contributed by atoms with Gasteiger partial charge in [-0.2, -0.15) is 0 Å². The van der Waals surface area contributed by atoms with Crippen LogP contribution in [0.3, 0.4) is 0 Å². The van der Waals surface area contributed by atoms with E-state index in [0.717, 1.165) is 10.4 Å². The number of nitrogens with zero attached hydrogens (tertiary/aromatic N) is 3. The maximum absolute atomic E-state index is 4.25. The first-order valence-electron chi connectivity index (χ1n) is 7.07. The number of hydrogen-bond acceptors (Lipinski definition) is 4. The van der Waals surface area contributed by atoms with E-state index in [-0.39, 0.29) is 0 Å². The molecule has 4 rings (SSSR count). The van der Waals surface area contributed by atoms with E-state index in [4.69, 9.17) is 0 Å². The average Bonchev–Trinajstić information content (AvgIpc) is 3.01. The second-order valence-electron chi connectivity index (χ2n) is 5.89. The molecule has 0 radical (unpaired) electrons. The monoisotopic (exact) mass is 397 g/mol. The third-order valence-electron chi connectivity index (χ3n) is 4.67. The van der Waals surface area contributed by atoms with Gasteiger partial charge in [0, 0.05) is 27.9 Å². The Balaban J connectivity index is 1.68. The highest BCUT2D eigenvalue weighted by molar-refractivity contribution is 14.1. The Morgan fingerprint density at radius 3 is 2.60 bits per heavy atom. The van der Waals surface area contributed by atoms with Gasteiger partial charge in [0.15, 0.2) is 0 Å². The zero-order chi connectivity index (χ0) is 13.6. The fourth-order valence-electron chi connectivity index (χ4n) is 3.14. The first-order valence-corrected chi connectivity index (χ1v) is 9.03. The van der Waals surface area contributed by atoms with Gasteiger partial charge in [0.25, 0.3) is 0 Å². The number of anilines is 1. The van der Waals surface area contributed by atoms with Crippen molar-refractivity contribution in [1.82, 2.24) is 10.2 Å². The number of hydrogen-bond donors (Lipinski definition) is 0. The van der Waals surface area contributed by atoms with Crippen LogP contribution in [0.4, 0.5) is 5.69 Å². The molecule has 2 heterocycles. The van der Waals surface area contributed by atoms with Crippen LogP contribution in [0, 0.1) is 8.99 Å². The fraction of sp³-hybridized carbons (Fsp3) is 0.467. The molecule has 2 aliphatic rings. The molecule has 2 aromatic rings. The van der Waals surface area contributed by atoms with Gasteiger partial charge in [-0.05, 0) is 71.9 Å². The topological polar surface area (TPSA) is 29.0 Å². The van der Waals surface area contributed by atoms with Gasteiger partial charge < -0.3 is 4.90 Å². The number of aromatic nitrogens is 2. The predicted octanol–water partition coefficient (Wildman–Crippen LogP) is 4.19. The standard InChI is InChI=1S/C15H16IN3S/c16-11-1-2-12(14-18-17-10-20-14)13(9-11)19-7-5-15(3-4-15)6-8-19/h1-2,9-10H,3-8H2. The van der Waals surface area contributed by atoms with Crippen molar-refractivity contribution in [3.63, 3.8) is 0 Å². The van der Waals surface area contributed by atoms with Gasteiger partial charge in [0.1, 0.15) is 10.5 Å². The Bertz CT molecular complexity index is 612. The number of piperidine rings is 1. The van der Waals surface area contributed by atoms with Gasteiger partial charge in [0.05, 0.1) is 0 Å². The lowest BCUT2D eigenvalue weighted by Crippen LogP contribution is -2.34. The smallest absolute Gasteiger partial charge is 0.149 e. The summed E-state index contributed by atoms with van der Waals surface area (Å²) in [6.45, 7) is 2.37. The van der Waals surface area contributed by atoms with Gasteiger partial charge >= 0.3 is 0 Å². The van der Waals surface area contributed by atoms with E-state index in [1.165, 1.54) is 53.6 Å². The molecule has 1 spiro atoms. The van der Waals surface area contributed by atoms with E-state index in [1.54, 1.807) is 11.3 Å². The molecule has 1 aromatic heterocycles. The summed E-state index contributed by atoms with van der Waals surface area (Å²) in [6.07, 6.45) is 5.62. The molecule has 20 heavy (non-hydrogen) atoms. The summed E-state index contributed by atoms with van der Waals surface area (Å²) in [7, 11) is 0. The molecule has 0 bridgehead atoms. The highest BCUT2D eigenvalue weighted by atomic mass is 127. The molecule has 2 fully saturated rings. The number of rotatable bonds is 2. The maximum Gasteiger partial charge on any atom is 0.149 e. The lowest BCUT2D eigenvalue weighted by Gasteiger charge is -2.34. The molecule has 104 valence electrons. The molecule has 1 aliphatic carbocycles. The van der Waals surface area contributed by atoms with Crippen LogP contribution in [0.5, 0.6) is 0 Å². The highest BCUT2D eigenvalue weighted by Gasteiger charge is 2.44. The Labute approximate surface area is 136 Å². The van der Waals surface area contributed by atoms with Gasteiger partial charge in [-0.25, -0.2) is 0 Å². The summed E-state index contributed by atoms with van der Waals surface area (Å²) in [5.74, 6) is 0. The van der Waals surface area contributed by atoms with Gasteiger partial charge in [0.2, 0.25) is 0 Å². The molecule has 1 saturated heterocycles. The Morgan fingerprint density at radius 1 is 1.15 bits per heavy atom. The van der Waals surface area contributed by atoms with Crippen LogP contribution in [0.25, 0.3) is 10.6 Å². The van der Waals surface area contributed by atoms with E-state index in [2.05, 4.69) is 55.9 Å². The SMILES string of the molecule is Ic1ccc(-c2nncs2)c(N2CCC3(CC2)CC3)c1.